The van der Waals surface area contributed by atoms with Crippen molar-refractivity contribution in [3.63, 3.8) is 0 Å². The number of fused-ring (bicyclic) bond motifs is 1. The second-order valence-electron chi connectivity index (χ2n) is 6.53. The van der Waals surface area contributed by atoms with Gasteiger partial charge in [-0.3, -0.25) is 9.59 Å². The van der Waals surface area contributed by atoms with Gasteiger partial charge in [0, 0.05) is 6.04 Å². The molecule has 24 heavy (non-hydrogen) atoms. The molecular weight excluding hydrogens is 324 g/mol. The summed E-state index contributed by atoms with van der Waals surface area (Å²) in [7, 11) is 0. The molecule has 2 aliphatic rings. The monoisotopic (exact) mass is 342 g/mol. The lowest BCUT2D eigenvalue weighted by molar-refractivity contribution is -0.122. The SMILES string of the molecule is Cc1cccc(-c2sc(N)nc2C(=O)N2[C@H](C(N)=O)C[C@H]3C[C@@H]32)c1. The van der Waals surface area contributed by atoms with Gasteiger partial charge in [0.05, 0.1) is 4.88 Å². The van der Waals surface area contributed by atoms with Gasteiger partial charge in [0.1, 0.15) is 11.7 Å². The summed E-state index contributed by atoms with van der Waals surface area (Å²) >= 11 is 1.29. The van der Waals surface area contributed by atoms with Crippen molar-refractivity contribution in [2.45, 2.75) is 31.8 Å². The van der Waals surface area contributed by atoms with Crippen LogP contribution in [-0.2, 0) is 4.79 Å². The van der Waals surface area contributed by atoms with Crippen LogP contribution in [0.15, 0.2) is 24.3 Å². The molecule has 0 radical (unpaired) electrons. The standard InChI is InChI=1S/C17H18N4O2S/c1-8-3-2-4-9(5-8)14-13(20-17(19)24-14)16(23)21-11-6-10(11)7-12(21)15(18)22/h2-5,10-12H,6-7H2,1H3,(H2,18,22)(H2,19,20)/t10-,11+,12+/m1/s1. The molecule has 1 aliphatic heterocycles. The van der Waals surface area contributed by atoms with E-state index in [1.165, 1.54) is 11.3 Å². The maximum absolute atomic E-state index is 13.1. The number of hydrogen-bond acceptors (Lipinski definition) is 5. The Hall–Kier alpha value is -2.41. The van der Waals surface area contributed by atoms with E-state index in [1.807, 2.05) is 31.2 Å². The van der Waals surface area contributed by atoms with E-state index in [0.29, 0.717) is 23.2 Å². The number of nitrogen functional groups attached to an aromatic ring is 1. The van der Waals surface area contributed by atoms with E-state index in [1.54, 1.807) is 4.90 Å². The van der Waals surface area contributed by atoms with Crippen molar-refractivity contribution in [1.82, 2.24) is 9.88 Å². The van der Waals surface area contributed by atoms with E-state index in [2.05, 4.69) is 4.98 Å². The zero-order valence-electron chi connectivity index (χ0n) is 13.2. The third-order valence-corrected chi connectivity index (χ3v) is 5.73. The van der Waals surface area contributed by atoms with E-state index in [-0.39, 0.29) is 11.9 Å². The summed E-state index contributed by atoms with van der Waals surface area (Å²) in [6.07, 6.45) is 1.60. The number of thiazole rings is 1. The Morgan fingerprint density at radius 3 is 2.83 bits per heavy atom. The summed E-state index contributed by atoms with van der Waals surface area (Å²) in [6, 6.07) is 7.45. The molecule has 0 bridgehead atoms. The fourth-order valence-corrected chi connectivity index (χ4v) is 4.41. The van der Waals surface area contributed by atoms with Gasteiger partial charge in [0.25, 0.3) is 5.91 Å². The summed E-state index contributed by atoms with van der Waals surface area (Å²) in [5, 5.41) is 0.344. The highest BCUT2D eigenvalue weighted by molar-refractivity contribution is 7.19. The summed E-state index contributed by atoms with van der Waals surface area (Å²) in [6.45, 7) is 1.99. The molecule has 2 aromatic rings. The average Bonchev–Trinajstić information content (AvgIpc) is 3.02. The summed E-state index contributed by atoms with van der Waals surface area (Å²) < 4.78 is 0. The van der Waals surface area contributed by atoms with Crippen molar-refractivity contribution in [3.05, 3.63) is 35.5 Å². The summed E-state index contributed by atoms with van der Waals surface area (Å²) in [5.74, 6) is -0.297. The van der Waals surface area contributed by atoms with Gasteiger partial charge in [-0.05, 0) is 31.2 Å². The molecule has 0 unspecified atom stereocenters. The molecule has 0 spiro atoms. The maximum atomic E-state index is 13.1. The quantitative estimate of drug-likeness (QED) is 0.887. The molecule has 1 saturated heterocycles. The zero-order chi connectivity index (χ0) is 17.0. The number of nitrogens with two attached hydrogens (primary N) is 2. The van der Waals surface area contributed by atoms with Crippen LogP contribution in [0, 0.1) is 12.8 Å². The van der Waals surface area contributed by atoms with Gasteiger partial charge in [-0.15, -0.1) is 0 Å². The van der Waals surface area contributed by atoms with Crippen LogP contribution in [0.2, 0.25) is 0 Å². The molecule has 124 valence electrons. The Bertz CT molecular complexity index is 847. The molecule has 2 heterocycles. The number of carbonyl (C=O) groups excluding carboxylic acids is 2. The van der Waals surface area contributed by atoms with Gasteiger partial charge in [0.15, 0.2) is 5.13 Å². The predicted molar refractivity (Wildman–Crippen MR) is 92.4 cm³/mol. The lowest BCUT2D eigenvalue weighted by atomic mass is 10.1. The summed E-state index contributed by atoms with van der Waals surface area (Å²) in [5.41, 5.74) is 13.7. The van der Waals surface area contributed by atoms with E-state index in [4.69, 9.17) is 11.5 Å². The van der Waals surface area contributed by atoms with Crippen molar-refractivity contribution in [1.29, 1.82) is 0 Å². The number of benzene rings is 1. The minimum atomic E-state index is -0.533. The Balaban J connectivity index is 1.74. The number of anilines is 1. The normalized spacial score (nSPS) is 24.7. The highest BCUT2D eigenvalue weighted by Crippen LogP contribution is 2.49. The number of hydrogen-bond donors (Lipinski definition) is 2. The van der Waals surface area contributed by atoms with E-state index in [9.17, 15) is 9.59 Å². The van der Waals surface area contributed by atoms with Gasteiger partial charge in [-0.2, -0.15) is 0 Å². The first kappa shape index (κ1) is 15.1. The molecule has 1 aromatic heterocycles. The van der Waals surface area contributed by atoms with Gasteiger partial charge in [0.2, 0.25) is 5.91 Å². The molecule has 1 aromatic carbocycles. The highest BCUT2D eigenvalue weighted by atomic mass is 32.1. The van der Waals surface area contributed by atoms with Gasteiger partial charge < -0.3 is 16.4 Å². The second-order valence-corrected chi connectivity index (χ2v) is 7.56. The third-order valence-electron chi connectivity index (χ3n) is 4.79. The molecule has 7 heteroatoms. The average molecular weight is 342 g/mol. The number of nitrogens with zero attached hydrogens (tertiary/aromatic N) is 2. The Labute approximate surface area is 143 Å². The lowest BCUT2D eigenvalue weighted by Gasteiger charge is -2.24. The molecule has 1 aliphatic carbocycles. The van der Waals surface area contributed by atoms with E-state index < -0.39 is 11.9 Å². The molecule has 3 atom stereocenters. The number of piperidine rings is 1. The fraction of sp³-hybridized carbons (Fsp3) is 0.353. The van der Waals surface area contributed by atoms with Crippen LogP contribution in [0.5, 0.6) is 0 Å². The number of aryl methyl sites for hydroxylation is 1. The Kier molecular flexibility index (Phi) is 3.35. The first-order chi connectivity index (χ1) is 11.5. The molecule has 1 saturated carbocycles. The zero-order valence-corrected chi connectivity index (χ0v) is 14.0. The third kappa shape index (κ3) is 2.36. The minimum Gasteiger partial charge on any atom is -0.375 e. The van der Waals surface area contributed by atoms with E-state index >= 15 is 0 Å². The molecule has 4 rings (SSSR count). The van der Waals surface area contributed by atoms with Crippen molar-refractivity contribution in [2.24, 2.45) is 11.7 Å². The first-order valence-corrected chi connectivity index (χ1v) is 8.72. The highest BCUT2D eigenvalue weighted by Gasteiger charge is 2.56. The van der Waals surface area contributed by atoms with Gasteiger partial charge in [-0.25, -0.2) is 4.98 Å². The van der Waals surface area contributed by atoms with Crippen LogP contribution in [0.3, 0.4) is 0 Å². The minimum absolute atomic E-state index is 0.114. The number of aromatic nitrogens is 1. The number of rotatable bonds is 3. The number of likely N-dealkylation sites (tertiary alicyclic amines) is 1. The first-order valence-electron chi connectivity index (χ1n) is 7.91. The predicted octanol–water partition coefficient (Wildman–Crippen LogP) is 1.79. The van der Waals surface area contributed by atoms with Crippen molar-refractivity contribution < 1.29 is 9.59 Å². The molecule has 2 amide bonds. The molecule has 6 nitrogen and oxygen atoms in total. The van der Waals surface area contributed by atoms with Crippen molar-refractivity contribution in [3.8, 4) is 10.4 Å². The van der Waals surface area contributed by atoms with Crippen LogP contribution >= 0.6 is 11.3 Å². The number of primary amides is 1. The second kappa shape index (κ2) is 5.31. The number of carbonyl (C=O) groups is 2. The lowest BCUT2D eigenvalue weighted by Crippen LogP contribution is -2.46. The van der Waals surface area contributed by atoms with Crippen LogP contribution in [-0.4, -0.2) is 33.8 Å². The smallest absolute Gasteiger partial charge is 0.275 e. The van der Waals surface area contributed by atoms with Crippen molar-refractivity contribution in [2.75, 3.05) is 5.73 Å². The van der Waals surface area contributed by atoms with Gasteiger partial charge in [-0.1, -0.05) is 41.2 Å². The molecule has 4 N–H and O–H groups in total. The topological polar surface area (TPSA) is 102 Å². The Morgan fingerprint density at radius 1 is 1.33 bits per heavy atom. The van der Waals surface area contributed by atoms with Crippen LogP contribution in [0.4, 0.5) is 5.13 Å². The van der Waals surface area contributed by atoms with Crippen LogP contribution in [0.1, 0.15) is 28.9 Å². The van der Waals surface area contributed by atoms with Crippen molar-refractivity contribution >= 4 is 28.3 Å². The largest absolute Gasteiger partial charge is 0.375 e. The molecule has 2 fully saturated rings. The Morgan fingerprint density at radius 2 is 2.12 bits per heavy atom. The maximum Gasteiger partial charge on any atom is 0.275 e. The number of amides is 2. The summed E-state index contributed by atoms with van der Waals surface area (Å²) in [4.78, 5) is 31.4. The van der Waals surface area contributed by atoms with Crippen LogP contribution < -0.4 is 11.5 Å². The fourth-order valence-electron chi connectivity index (χ4n) is 3.59. The molecular formula is C17H18N4O2S. The van der Waals surface area contributed by atoms with Gasteiger partial charge >= 0.3 is 0 Å². The van der Waals surface area contributed by atoms with Crippen LogP contribution in [0.25, 0.3) is 10.4 Å². The van der Waals surface area contributed by atoms with E-state index in [0.717, 1.165) is 22.4 Å².